The molecule has 0 saturated carbocycles. The van der Waals surface area contributed by atoms with Crippen molar-refractivity contribution in [2.24, 2.45) is 5.73 Å². The Bertz CT molecular complexity index is 602. The van der Waals surface area contributed by atoms with Crippen LogP contribution >= 0.6 is 11.6 Å². The predicted octanol–water partition coefficient (Wildman–Crippen LogP) is 4.43. The molecule has 2 N–H and O–H groups in total. The minimum absolute atomic E-state index is 0.0268. The van der Waals surface area contributed by atoms with E-state index in [1.54, 1.807) is 13.0 Å². The second-order valence-electron chi connectivity index (χ2n) is 4.12. The van der Waals surface area contributed by atoms with E-state index < -0.39 is 17.7 Å². The van der Waals surface area contributed by atoms with Crippen LogP contribution < -0.4 is 10.5 Å². The van der Waals surface area contributed by atoms with Gasteiger partial charge < -0.3 is 10.5 Å². The van der Waals surface area contributed by atoms with Crippen molar-refractivity contribution in [1.82, 2.24) is 0 Å². The van der Waals surface area contributed by atoms with E-state index >= 15 is 0 Å². The summed E-state index contributed by atoms with van der Waals surface area (Å²) in [6.45, 7) is 1.69. The standard InChI is InChI=1S/C14H12ClF2NO/c1-8(18)10-7-9(16)5-6-12(10)19-13-4-2-3-11(15)14(13)17/h2-8H,18H2,1H3. The molecule has 1 unspecified atom stereocenters. The first-order chi connectivity index (χ1) is 8.99. The lowest BCUT2D eigenvalue weighted by Crippen LogP contribution is -2.07. The molecule has 0 aliphatic carbocycles. The second-order valence-corrected chi connectivity index (χ2v) is 4.53. The van der Waals surface area contributed by atoms with Gasteiger partial charge in [0.1, 0.15) is 11.6 Å². The number of nitrogens with two attached hydrogens (primary N) is 1. The van der Waals surface area contributed by atoms with Gasteiger partial charge in [0, 0.05) is 11.6 Å². The lowest BCUT2D eigenvalue weighted by Gasteiger charge is -2.14. The Labute approximate surface area is 114 Å². The molecule has 2 rings (SSSR count). The number of hydrogen-bond acceptors (Lipinski definition) is 2. The van der Waals surface area contributed by atoms with Crippen molar-refractivity contribution >= 4 is 11.6 Å². The van der Waals surface area contributed by atoms with Gasteiger partial charge in [-0.15, -0.1) is 0 Å². The predicted molar refractivity (Wildman–Crippen MR) is 70.5 cm³/mol. The van der Waals surface area contributed by atoms with Gasteiger partial charge in [0.05, 0.1) is 5.02 Å². The highest BCUT2D eigenvalue weighted by Crippen LogP contribution is 2.32. The maximum Gasteiger partial charge on any atom is 0.184 e. The van der Waals surface area contributed by atoms with E-state index in [2.05, 4.69) is 0 Å². The zero-order valence-corrected chi connectivity index (χ0v) is 10.9. The Kier molecular flexibility index (Phi) is 4.02. The summed E-state index contributed by atoms with van der Waals surface area (Å²) in [6, 6.07) is 7.89. The molecule has 2 aromatic rings. The van der Waals surface area contributed by atoms with E-state index in [4.69, 9.17) is 22.1 Å². The number of ether oxygens (including phenoxy) is 1. The molecular weight excluding hydrogens is 272 g/mol. The van der Waals surface area contributed by atoms with Crippen LogP contribution in [0.3, 0.4) is 0 Å². The SMILES string of the molecule is CC(N)c1cc(F)ccc1Oc1cccc(Cl)c1F. The third-order valence-corrected chi connectivity index (χ3v) is 2.89. The fourth-order valence-electron chi connectivity index (χ4n) is 1.65. The lowest BCUT2D eigenvalue weighted by atomic mass is 10.1. The molecule has 19 heavy (non-hydrogen) atoms. The first kappa shape index (κ1) is 13.8. The molecule has 0 amide bonds. The molecule has 0 bridgehead atoms. The van der Waals surface area contributed by atoms with Crippen LogP contribution in [0.4, 0.5) is 8.78 Å². The Hall–Kier alpha value is -1.65. The van der Waals surface area contributed by atoms with Gasteiger partial charge in [-0.3, -0.25) is 0 Å². The fourth-order valence-corrected chi connectivity index (χ4v) is 1.82. The molecule has 0 heterocycles. The Balaban J connectivity index is 2.41. The van der Waals surface area contributed by atoms with E-state index in [0.29, 0.717) is 11.3 Å². The lowest BCUT2D eigenvalue weighted by molar-refractivity contribution is 0.433. The summed E-state index contributed by atoms with van der Waals surface area (Å²) >= 11 is 5.67. The van der Waals surface area contributed by atoms with Crippen LogP contribution in [-0.2, 0) is 0 Å². The van der Waals surface area contributed by atoms with E-state index in [1.165, 1.54) is 30.3 Å². The molecule has 0 saturated heterocycles. The third-order valence-electron chi connectivity index (χ3n) is 2.60. The first-order valence-electron chi connectivity index (χ1n) is 5.66. The minimum Gasteiger partial charge on any atom is -0.454 e. The zero-order chi connectivity index (χ0) is 14.0. The molecule has 0 aromatic heterocycles. The van der Waals surface area contributed by atoms with Crippen LogP contribution in [0, 0.1) is 11.6 Å². The Morgan fingerprint density at radius 1 is 1.16 bits per heavy atom. The van der Waals surface area contributed by atoms with Crippen LogP contribution in [0.15, 0.2) is 36.4 Å². The topological polar surface area (TPSA) is 35.2 Å². The van der Waals surface area contributed by atoms with Crippen LogP contribution in [0.5, 0.6) is 11.5 Å². The van der Waals surface area contributed by atoms with Crippen LogP contribution in [-0.4, -0.2) is 0 Å². The van der Waals surface area contributed by atoms with Crippen LogP contribution in [0.2, 0.25) is 5.02 Å². The molecule has 5 heteroatoms. The van der Waals surface area contributed by atoms with Gasteiger partial charge in [-0.2, -0.15) is 0 Å². The molecule has 0 aliphatic heterocycles. The van der Waals surface area contributed by atoms with Gasteiger partial charge in [-0.1, -0.05) is 17.7 Å². The molecule has 2 aromatic carbocycles. The van der Waals surface area contributed by atoms with Gasteiger partial charge in [0.2, 0.25) is 0 Å². The van der Waals surface area contributed by atoms with Crippen molar-refractivity contribution < 1.29 is 13.5 Å². The van der Waals surface area contributed by atoms with Gasteiger partial charge in [-0.05, 0) is 37.3 Å². The summed E-state index contributed by atoms with van der Waals surface area (Å²) in [7, 11) is 0. The van der Waals surface area contributed by atoms with Gasteiger partial charge in [0.15, 0.2) is 11.6 Å². The molecule has 2 nitrogen and oxygen atoms in total. The normalized spacial score (nSPS) is 12.3. The van der Waals surface area contributed by atoms with Crippen LogP contribution in [0.25, 0.3) is 0 Å². The van der Waals surface area contributed by atoms with E-state index in [-0.39, 0.29) is 10.8 Å². The number of rotatable bonds is 3. The smallest absolute Gasteiger partial charge is 0.184 e. The first-order valence-corrected chi connectivity index (χ1v) is 6.03. The quantitative estimate of drug-likeness (QED) is 0.904. The van der Waals surface area contributed by atoms with Crippen molar-refractivity contribution in [3.63, 3.8) is 0 Å². The van der Waals surface area contributed by atoms with Crippen LogP contribution in [0.1, 0.15) is 18.5 Å². The van der Waals surface area contributed by atoms with Gasteiger partial charge in [0.25, 0.3) is 0 Å². The average Bonchev–Trinajstić information content (AvgIpc) is 2.36. The fraction of sp³-hybridized carbons (Fsp3) is 0.143. The molecule has 1 atom stereocenters. The highest BCUT2D eigenvalue weighted by atomic mass is 35.5. The second kappa shape index (κ2) is 5.55. The summed E-state index contributed by atoms with van der Waals surface area (Å²) in [5.41, 5.74) is 6.20. The van der Waals surface area contributed by atoms with Gasteiger partial charge in [-0.25, -0.2) is 8.78 Å². The summed E-state index contributed by atoms with van der Waals surface area (Å²) in [5, 5.41) is -0.0399. The van der Waals surface area contributed by atoms with Crippen molar-refractivity contribution in [2.75, 3.05) is 0 Å². The Morgan fingerprint density at radius 2 is 1.89 bits per heavy atom. The van der Waals surface area contributed by atoms with E-state index in [0.717, 1.165) is 0 Å². The van der Waals surface area contributed by atoms with Crippen molar-refractivity contribution in [1.29, 1.82) is 0 Å². The average molecular weight is 284 g/mol. The minimum atomic E-state index is -0.663. The third kappa shape index (κ3) is 3.03. The zero-order valence-electron chi connectivity index (χ0n) is 10.2. The summed E-state index contributed by atoms with van der Waals surface area (Å²) in [4.78, 5) is 0. The monoisotopic (exact) mass is 283 g/mol. The van der Waals surface area contributed by atoms with E-state index in [1.807, 2.05) is 0 Å². The molecule has 0 spiro atoms. The number of halogens is 3. The highest BCUT2D eigenvalue weighted by Gasteiger charge is 2.13. The summed E-state index contributed by atoms with van der Waals surface area (Å²) < 4.78 is 32.4. The van der Waals surface area contributed by atoms with Crippen molar-refractivity contribution in [3.8, 4) is 11.5 Å². The largest absolute Gasteiger partial charge is 0.454 e. The molecular formula is C14H12ClF2NO. The van der Waals surface area contributed by atoms with Gasteiger partial charge >= 0.3 is 0 Å². The molecule has 0 aliphatic rings. The highest BCUT2D eigenvalue weighted by molar-refractivity contribution is 6.30. The number of benzene rings is 2. The molecule has 0 radical (unpaired) electrons. The molecule has 0 fully saturated rings. The summed E-state index contributed by atoms with van der Waals surface area (Å²) in [6.07, 6.45) is 0. The molecule has 100 valence electrons. The van der Waals surface area contributed by atoms with Crippen molar-refractivity contribution in [2.45, 2.75) is 13.0 Å². The number of hydrogen-bond donors (Lipinski definition) is 1. The Morgan fingerprint density at radius 3 is 2.58 bits per heavy atom. The van der Waals surface area contributed by atoms with Crippen molar-refractivity contribution in [3.05, 3.63) is 58.6 Å². The maximum atomic E-state index is 13.7. The summed E-state index contributed by atoms with van der Waals surface area (Å²) in [5.74, 6) is -0.811. The maximum absolute atomic E-state index is 13.7. The van der Waals surface area contributed by atoms with E-state index in [9.17, 15) is 8.78 Å².